The summed E-state index contributed by atoms with van der Waals surface area (Å²) < 4.78 is 5.36. The fourth-order valence-corrected chi connectivity index (χ4v) is 3.78. The Hall–Kier alpha value is -0.790. The highest BCUT2D eigenvalue weighted by Gasteiger charge is 2.02. The van der Waals surface area contributed by atoms with Gasteiger partial charge in [-0.1, -0.05) is 116 Å². The first-order valence-electron chi connectivity index (χ1n) is 13.5. The first-order chi connectivity index (χ1) is 14.7. The Kier molecular flexibility index (Phi) is 23.8. The van der Waals surface area contributed by atoms with E-state index in [2.05, 4.69) is 32.9 Å². The van der Waals surface area contributed by atoms with Gasteiger partial charge in [0.1, 0.15) is 0 Å². The summed E-state index contributed by atoms with van der Waals surface area (Å²) >= 11 is 0. The quantitative estimate of drug-likeness (QED) is 0.0930. The van der Waals surface area contributed by atoms with Crippen LogP contribution in [-0.4, -0.2) is 12.6 Å². The van der Waals surface area contributed by atoms with Crippen LogP contribution >= 0.6 is 0 Å². The summed E-state index contributed by atoms with van der Waals surface area (Å²) in [4.78, 5) is 11.8. The summed E-state index contributed by atoms with van der Waals surface area (Å²) in [6.07, 6.45) is 29.6. The largest absolute Gasteiger partial charge is 0.466 e. The molecule has 0 aromatic carbocycles. The number of carbonyl (C=O) groups excluding carboxylic acids is 1. The first kappa shape index (κ1) is 29.2. The Labute approximate surface area is 189 Å². The molecule has 0 saturated heterocycles. The summed E-state index contributed by atoms with van der Waals surface area (Å²) in [6.45, 7) is 7.47. The number of carbonyl (C=O) groups is 1. The molecule has 178 valence electrons. The van der Waals surface area contributed by atoms with Gasteiger partial charge in [0.05, 0.1) is 6.61 Å². The van der Waals surface area contributed by atoms with E-state index < -0.39 is 0 Å². The summed E-state index contributed by atoms with van der Waals surface area (Å²) in [7, 11) is 0. The molecule has 2 heteroatoms. The molecule has 0 aromatic rings. The van der Waals surface area contributed by atoms with Crippen molar-refractivity contribution in [3.05, 3.63) is 12.2 Å². The van der Waals surface area contributed by atoms with Crippen LogP contribution in [0.5, 0.6) is 0 Å². The van der Waals surface area contributed by atoms with E-state index in [0.717, 1.165) is 25.2 Å². The van der Waals surface area contributed by atoms with E-state index >= 15 is 0 Å². The maximum Gasteiger partial charge on any atom is 0.305 e. The van der Waals surface area contributed by atoms with Gasteiger partial charge < -0.3 is 4.74 Å². The lowest BCUT2D eigenvalue weighted by molar-refractivity contribution is -0.143. The third kappa shape index (κ3) is 25.2. The molecule has 0 spiro atoms. The minimum atomic E-state index is 0.00688. The maximum atomic E-state index is 11.8. The average molecular weight is 423 g/mol. The molecule has 0 saturated carbocycles. The summed E-state index contributed by atoms with van der Waals surface area (Å²) in [5, 5.41) is 0. The van der Waals surface area contributed by atoms with Crippen LogP contribution in [-0.2, 0) is 9.53 Å². The van der Waals surface area contributed by atoms with E-state index in [1.54, 1.807) is 0 Å². The molecule has 0 heterocycles. The van der Waals surface area contributed by atoms with E-state index in [9.17, 15) is 4.79 Å². The molecule has 0 unspecified atom stereocenters. The van der Waals surface area contributed by atoms with Crippen LogP contribution in [0.1, 0.15) is 149 Å². The summed E-state index contributed by atoms with van der Waals surface area (Å²) in [6, 6.07) is 0. The zero-order chi connectivity index (χ0) is 22.1. The fourth-order valence-electron chi connectivity index (χ4n) is 3.78. The highest BCUT2D eigenvalue weighted by Crippen LogP contribution is 2.12. The SMILES string of the molecule is CCCCCCCCC=CCCCCCCCC(=O)OCCCCCCCC(C)C. The molecule has 0 amide bonds. The normalized spacial score (nSPS) is 11.6. The van der Waals surface area contributed by atoms with Gasteiger partial charge in [-0.2, -0.15) is 0 Å². The number of ether oxygens (including phenoxy) is 1. The van der Waals surface area contributed by atoms with Gasteiger partial charge in [0.15, 0.2) is 0 Å². The molecule has 30 heavy (non-hydrogen) atoms. The van der Waals surface area contributed by atoms with Crippen LogP contribution < -0.4 is 0 Å². The van der Waals surface area contributed by atoms with Gasteiger partial charge in [-0.15, -0.1) is 0 Å². The second kappa shape index (κ2) is 24.5. The second-order valence-electron chi connectivity index (χ2n) is 9.51. The third-order valence-corrected chi connectivity index (χ3v) is 5.83. The van der Waals surface area contributed by atoms with Crippen molar-refractivity contribution in [1.82, 2.24) is 0 Å². The number of allylic oxidation sites excluding steroid dienone is 2. The molecule has 0 N–H and O–H groups in total. The Morgan fingerprint density at radius 2 is 1.17 bits per heavy atom. The number of unbranched alkanes of at least 4 members (excludes halogenated alkanes) is 15. The molecular weight excluding hydrogens is 368 g/mol. The lowest BCUT2D eigenvalue weighted by atomic mass is 10.0. The van der Waals surface area contributed by atoms with Gasteiger partial charge in [0.25, 0.3) is 0 Å². The van der Waals surface area contributed by atoms with Crippen molar-refractivity contribution >= 4 is 5.97 Å². The second-order valence-corrected chi connectivity index (χ2v) is 9.51. The van der Waals surface area contributed by atoms with Gasteiger partial charge in [0, 0.05) is 6.42 Å². The van der Waals surface area contributed by atoms with E-state index in [0.29, 0.717) is 13.0 Å². The van der Waals surface area contributed by atoms with E-state index in [-0.39, 0.29) is 5.97 Å². The van der Waals surface area contributed by atoms with Crippen molar-refractivity contribution in [3.63, 3.8) is 0 Å². The van der Waals surface area contributed by atoms with Gasteiger partial charge in [-0.05, 0) is 44.4 Å². The van der Waals surface area contributed by atoms with Crippen LogP contribution in [0, 0.1) is 5.92 Å². The molecular formula is C28H54O2. The Balaban J connectivity index is 3.21. The molecule has 0 aliphatic heterocycles. The molecule has 2 nitrogen and oxygen atoms in total. The van der Waals surface area contributed by atoms with Crippen LogP contribution in [0.2, 0.25) is 0 Å². The molecule has 0 aliphatic carbocycles. The number of rotatable bonds is 23. The Morgan fingerprint density at radius 1 is 0.667 bits per heavy atom. The van der Waals surface area contributed by atoms with E-state index in [4.69, 9.17) is 4.74 Å². The van der Waals surface area contributed by atoms with Gasteiger partial charge in [-0.25, -0.2) is 0 Å². The highest BCUT2D eigenvalue weighted by molar-refractivity contribution is 5.69. The first-order valence-corrected chi connectivity index (χ1v) is 13.5. The Bertz CT molecular complexity index is 373. The molecule has 0 bridgehead atoms. The van der Waals surface area contributed by atoms with E-state index in [1.807, 2.05) is 0 Å². The van der Waals surface area contributed by atoms with Gasteiger partial charge >= 0.3 is 5.97 Å². The van der Waals surface area contributed by atoms with Crippen LogP contribution in [0.3, 0.4) is 0 Å². The predicted molar refractivity (Wildman–Crippen MR) is 133 cm³/mol. The van der Waals surface area contributed by atoms with Crippen molar-refractivity contribution in [1.29, 1.82) is 0 Å². The molecule has 0 aliphatic rings. The van der Waals surface area contributed by atoms with Crippen molar-refractivity contribution in [2.24, 2.45) is 5.92 Å². The topological polar surface area (TPSA) is 26.3 Å². The zero-order valence-electron chi connectivity index (χ0n) is 20.9. The Morgan fingerprint density at radius 3 is 1.77 bits per heavy atom. The smallest absolute Gasteiger partial charge is 0.305 e. The standard InChI is InChI=1S/C28H54O2/c1-4-5-6-7-8-9-10-11-12-13-14-15-16-19-22-25-28(29)30-26-23-20-17-18-21-24-27(2)3/h11-12,27H,4-10,13-26H2,1-3H3. The monoisotopic (exact) mass is 422 g/mol. The molecule has 0 rings (SSSR count). The van der Waals surface area contributed by atoms with Gasteiger partial charge in [-0.3, -0.25) is 4.79 Å². The number of hydrogen-bond donors (Lipinski definition) is 0. The van der Waals surface area contributed by atoms with Crippen molar-refractivity contribution in [3.8, 4) is 0 Å². The predicted octanol–water partition coefficient (Wildman–Crippen LogP) is 9.56. The lowest BCUT2D eigenvalue weighted by Crippen LogP contribution is -2.05. The van der Waals surface area contributed by atoms with Crippen molar-refractivity contribution < 1.29 is 9.53 Å². The van der Waals surface area contributed by atoms with E-state index in [1.165, 1.54) is 103 Å². The molecule has 0 atom stereocenters. The van der Waals surface area contributed by atoms with Crippen LogP contribution in [0.4, 0.5) is 0 Å². The average Bonchev–Trinajstić information content (AvgIpc) is 2.72. The number of hydrogen-bond acceptors (Lipinski definition) is 2. The van der Waals surface area contributed by atoms with Crippen LogP contribution in [0.25, 0.3) is 0 Å². The maximum absolute atomic E-state index is 11.8. The fraction of sp³-hybridized carbons (Fsp3) is 0.893. The third-order valence-electron chi connectivity index (χ3n) is 5.83. The minimum absolute atomic E-state index is 0.00688. The molecule has 0 radical (unpaired) electrons. The molecule has 0 aromatic heterocycles. The number of esters is 1. The summed E-state index contributed by atoms with van der Waals surface area (Å²) in [5.41, 5.74) is 0. The lowest BCUT2D eigenvalue weighted by Gasteiger charge is -2.06. The highest BCUT2D eigenvalue weighted by atomic mass is 16.5. The summed E-state index contributed by atoms with van der Waals surface area (Å²) in [5.74, 6) is 0.829. The van der Waals surface area contributed by atoms with Gasteiger partial charge in [0.2, 0.25) is 0 Å². The molecule has 0 fully saturated rings. The van der Waals surface area contributed by atoms with Crippen LogP contribution in [0.15, 0.2) is 12.2 Å². The minimum Gasteiger partial charge on any atom is -0.466 e. The van der Waals surface area contributed by atoms with Crippen molar-refractivity contribution in [2.45, 2.75) is 149 Å². The zero-order valence-corrected chi connectivity index (χ0v) is 20.9. The van der Waals surface area contributed by atoms with Crippen molar-refractivity contribution in [2.75, 3.05) is 6.61 Å².